The Morgan fingerprint density at radius 1 is 1.10 bits per heavy atom. The topological polar surface area (TPSA) is 25.8 Å². The molecule has 1 heterocycles. The average molecular weight is 301 g/mol. The maximum atomic E-state index is 12.5. The SMILES string of the molecule is CCCc1cc(Cl)nc(-c2ccc(C(F)(F)F)cc2)n1. The van der Waals surface area contributed by atoms with Crippen molar-refractivity contribution in [1.29, 1.82) is 0 Å². The smallest absolute Gasteiger partial charge is 0.233 e. The largest absolute Gasteiger partial charge is 0.416 e. The monoisotopic (exact) mass is 300 g/mol. The zero-order valence-corrected chi connectivity index (χ0v) is 11.5. The second-order valence-electron chi connectivity index (χ2n) is 4.33. The summed E-state index contributed by atoms with van der Waals surface area (Å²) in [6, 6.07) is 6.39. The van der Waals surface area contributed by atoms with Crippen molar-refractivity contribution in [3.8, 4) is 11.4 Å². The number of aromatic nitrogens is 2. The average Bonchev–Trinajstić information content (AvgIpc) is 2.37. The second kappa shape index (κ2) is 5.79. The summed E-state index contributed by atoms with van der Waals surface area (Å²) in [7, 11) is 0. The first kappa shape index (κ1) is 14.8. The second-order valence-corrected chi connectivity index (χ2v) is 4.72. The van der Waals surface area contributed by atoms with Crippen LogP contribution in [0.5, 0.6) is 0 Å². The van der Waals surface area contributed by atoms with Gasteiger partial charge in [-0.25, -0.2) is 9.97 Å². The Balaban J connectivity index is 2.36. The van der Waals surface area contributed by atoms with Crippen molar-refractivity contribution in [2.75, 3.05) is 0 Å². The Kier molecular flexibility index (Phi) is 4.28. The summed E-state index contributed by atoms with van der Waals surface area (Å²) in [6.45, 7) is 2.01. The van der Waals surface area contributed by atoms with Crippen molar-refractivity contribution in [2.24, 2.45) is 0 Å². The number of hydrogen-bond acceptors (Lipinski definition) is 2. The van der Waals surface area contributed by atoms with Crippen LogP contribution < -0.4 is 0 Å². The molecule has 1 aromatic carbocycles. The first-order valence-corrected chi connectivity index (χ1v) is 6.49. The van der Waals surface area contributed by atoms with Gasteiger partial charge in [0.1, 0.15) is 5.15 Å². The lowest BCUT2D eigenvalue weighted by atomic mass is 10.1. The Morgan fingerprint density at radius 3 is 2.30 bits per heavy atom. The number of aryl methyl sites for hydroxylation is 1. The highest BCUT2D eigenvalue weighted by molar-refractivity contribution is 6.29. The summed E-state index contributed by atoms with van der Waals surface area (Å²) in [5, 5.41) is 0.290. The minimum absolute atomic E-state index is 0.290. The number of nitrogens with zero attached hydrogens (tertiary/aromatic N) is 2. The lowest BCUT2D eigenvalue weighted by molar-refractivity contribution is -0.137. The zero-order chi connectivity index (χ0) is 14.8. The van der Waals surface area contributed by atoms with E-state index < -0.39 is 11.7 Å². The molecule has 0 spiro atoms. The lowest BCUT2D eigenvalue weighted by Crippen LogP contribution is -2.04. The molecule has 0 N–H and O–H groups in total. The van der Waals surface area contributed by atoms with E-state index in [-0.39, 0.29) is 0 Å². The van der Waals surface area contributed by atoms with E-state index in [0.29, 0.717) is 16.5 Å². The van der Waals surface area contributed by atoms with Crippen LogP contribution in [-0.4, -0.2) is 9.97 Å². The summed E-state index contributed by atoms with van der Waals surface area (Å²) in [5.74, 6) is 0.342. The van der Waals surface area contributed by atoms with E-state index in [9.17, 15) is 13.2 Å². The number of rotatable bonds is 3. The van der Waals surface area contributed by atoms with Crippen LogP contribution in [0.25, 0.3) is 11.4 Å². The molecule has 0 unspecified atom stereocenters. The minimum atomic E-state index is -4.35. The minimum Gasteiger partial charge on any atom is -0.233 e. The van der Waals surface area contributed by atoms with Gasteiger partial charge in [-0.15, -0.1) is 0 Å². The fourth-order valence-corrected chi connectivity index (χ4v) is 1.99. The van der Waals surface area contributed by atoms with Gasteiger partial charge in [-0.05, 0) is 24.6 Å². The van der Waals surface area contributed by atoms with Crippen molar-refractivity contribution in [3.63, 3.8) is 0 Å². The first-order valence-electron chi connectivity index (χ1n) is 6.11. The van der Waals surface area contributed by atoms with Gasteiger partial charge < -0.3 is 0 Å². The number of alkyl halides is 3. The highest BCUT2D eigenvalue weighted by atomic mass is 35.5. The van der Waals surface area contributed by atoms with Crippen molar-refractivity contribution < 1.29 is 13.2 Å². The highest BCUT2D eigenvalue weighted by Crippen LogP contribution is 2.30. The van der Waals surface area contributed by atoms with Gasteiger partial charge in [0.05, 0.1) is 5.56 Å². The number of benzene rings is 1. The summed E-state index contributed by atoms with van der Waals surface area (Å²) < 4.78 is 37.5. The molecule has 0 amide bonds. The molecule has 0 bridgehead atoms. The number of halogens is 4. The highest BCUT2D eigenvalue weighted by Gasteiger charge is 2.30. The third-order valence-corrected chi connectivity index (χ3v) is 2.92. The van der Waals surface area contributed by atoms with Gasteiger partial charge in [0, 0.05) is 11.3 Å². The Morgan fingerprint density at radius 2 is 1.75 bits per heavy atom. The van der Waals surface area contributed by atoms with Crippen molar-refractivity contribution >= 4 is 11.6 Å². The molecule has 2 aromatic rings. The fraction of sp³-hybridized carbons (Fsp3) is 0.286. The van der Waals surface area contributed by atoms with Gasteiger partial charge in [0.2, 0.25) is 0 Å². The van der Waals surface area contributed by atoms with Crippen LogP contribution in [0.1, 0.15) is 24.6 Å². The molecule has 0 saturated heterocycles. The maximum Gasteiger partial charge on any atom is 0.416 e. The molecule has 106 valence electrons. The molecule has 20 heavy (non-hydrogen) atoms. The third kappa shape index (κ3) is 3.48. The summed E-state index contributed by atoms with van der Waals surface area (Å²) in [6.07, 6.45) is -2.70. The molecule has 0 saturated carbocycles. The van der Waals surface area contributed by atoms with Gasteiger partial charge in [-0.3, -0.25) is 0 Å². The predicted molar refractivity (Wildman–Crippen MR) is 71.5 cm³/mol. The summed E-state index contributed by atoms with van der Waals surface area (Å²) >= 11 is 5.91. The van der Waals surface area contributed by atoms with Crippen LogP contribution in [0.4, 0.5) is 13.2 Å². The molecule has 0 fully saturated rings. The fourth-order valence-electron chi connectivity index (χ4n) is 1.79. The Bertz CT molecular complexity index is 594. The maximum absolute atomic E-state index is 12.5. The van der Waals surface area contributed by atoms with Gasteiger partial charge >= 0.3 is 6.18 Å². The zero-order valence-electron chi connectivity index (χ0n) is 10.7. The van der Waals surface area contributed by atoms with Crippen LogP contribution >= 0.6 is 11.6 Å². The normalized spacial score (nSPS) is 11.7. The van der Waals surface area contributed by atoms with Gasteiger partial charge in [0.15, 0.2) is 5.82 Å². The predicted octanol–water partition coefficient (Wildman–Crippen LogP) is 4.77. The molecule has 2 rings (SSSR count). The molecule has 0 atom stereocenters. The van der Waals surface area contributed by atoms with E-state index >= 15 is 0 Å². The van der Waals surface area contributed by atoms with E-state index in [1.54, 1.807) is 6.07 Å². The third-order valence-electron chi connectivity index (χ3n) is 2.72. The van der Waals surface area contributed by atoms with Crippen molar-refractivity contribution in [1.82, 2.24) is 9.97 Å². The number of hydrogen-bond donors (Lipinski definition) is 0. The van der Waals surface area contributed by atoms with Crippen molar-refractivity contribution in [3.05, 3.63) is 46.7 Å². The van der Waals surface area contributed by atoms with Gasteiger partial charge in [-0.1, -0.05) is 37.1 Å². The van der Waals surface area contributed by atoms with E-state index in [0.717, 1.165) is 30.7 Å². The molecule has 1 aromatic heterocycles. The van der Waals surface area contributed by atoms with Crippen LogP contribution in [0.15, 0.2) is 30.3 Å². The molecule has 0 aliphatic carbocycles. The van der Waals surface area contributed by atoms with Crippen LogP contribution in [0, 0.1) is 0 Å². The molecular formula is C14H12ClF3N2. The van der Waals surface area contributed by atoms with Gasteiger partial charge in [-0.2, -0.15) is 13.2 Å². The first-order chi connectivity index (χ1) is 9.40. The summed E-state index contributed by atoms with van der Waals surface area (Å²) in [5.41, 5.74) is 0.595. The Labute approximate surface area is 119 Å². The molecule has 0 radical (unpaired) electrons. The van der Waals surface area contributed by atoms with E-state index in [4.69, 9.17) is 11.6 Å². The lowest BCUT2D eigenvalue weighted by Gasteiger charge is -2.08. The standard InChI is InChI=1S/C14H12ClF3N2/c1-2-3-11-8-12(15)20-13(19-11)9-4-6-10(7-5-9)14(16,17)18/h4-8H,2-3H2,1H3. The van der Waals surface area contributed by atoms with E-state index in [2.05, 4.69) is 9.97 Å². The summed E-state index contributed by atoms with van der Waals surface area (Å²) in [4.78, 5) is 8.36. The molecular weight excluding hydrogens is 289 g/mol. The van der Waals surface area contributed by atoms with E-state index in [1.807, 2.05) is 6.92 Å². The van der Waals surface area contributed by atoms with Gasteiger partial charge in [0.25, 0.3) is 0 Å². The van der Waals surface area contributed by atoms with Crippen LogP contribution in [0.3, 0.4) is 0 Å². The molecule has 0 aliphatic rings. The van der Waals surface area contributed by atoms with Crippen LogP contribution in [0.2, 0.25) is 5.15 Å². The Hall–Kier alpha value is -1.62. The van der Waals surface area contributed by atoms with Crippen molar-refractivity contribution in [2.45, 2.75) is 25.9 Å². The molecule has 2 nitrogen and oxygen atoms in total. The van der Waals surface area contributed by atoms with E-state index in [1.165, 1.54) is 12.1 Å². The molecule has 0 aliphatic heterocycles. The molecule has 6 heteroatoms. The quantitative estimate of drug-likeness (QED) is 0.763. The van der Waals surface area contributed by atoms with Crippen LogP contribution in [-0.2, 0) is 12.6 Å².